The van der Waals surface area contributed by atoms with Crippen LogP contribution in [0.2, 0.25) is 5.02 Å². The van der Waals surface area contributed by atoms with Crippen LogP contribution in [0.3, 0.4) is 0 Å². The van der Waals surface area contributed by atoms with E-state index >= 15 is 0 Å². The van der Waals surface area contributed by atoms with Gasteiger partial charge in [0, 0.05) is 0 Å². The van der Waals surface area contributed by atoms with E-state index in [2.05, 4.69) is 10.1 Å². The average Bonchev–Trinajstić information content (AvgIpc) is 2.20. The predicted molar refractivity (Wildman–Crippen MR) is 52.2 cm³/mol. The Morgan fingerprint density at radius 1 is 1.64 bits per heavy atom. The molecule has 0 aliphatic rings. The summed E-state index contributed by atoms with van der Waals surface area (Å²) in [5.41, 5.74) is 0.850. The molecule has 1 rings (SSSR count). The SMILES string of the molecule is COC(=O)Nc1ccc(C#N)cc1Cl. The third-order valence-electron chi connectivity index (χ3n) is 1.52. The maximum Gasteiger partial charge on any atom is 0.411 e. The van der Waals surface area contributed by atoms with Crippen LogP contribution in [0.25, 0.3) is 0 Å². The van der Waals surface area contributed by atoms with Crippen LogP contribution in [0.15, 0.2) is 18.2 Å². The lowest BCUT2D eigenvalue weighted by atomic mass is 10.2. The van der Waals surface area contributed by atoms with E-state index in [1.807, 2.05) is 6.07 Å². The summed E-state index contributed by atoms with van der Waals surface area (Å²) in [6.45, 7) is 0. The summed E-state index contributed by atoms with van der Waals surface area (Å²) in [4.78, 5) is 10.8. The maximum atomic E-state index is 10.8. The van der Waals surface area contributed by atoms with Gasteiger partial charge < -0.3 is 4.74 Å². The molecule has 0 spiro atoms. The number of carbonyl (C=O) groups is 1. The highest BCUT2D eigenvalue weighted by molar-refractivity contribution is 6.33. The molecule has 0 unspecified atom stereocenters. The number of rotatable bonds is 1. The van der Waals surface area contributed by atoms with E-state index in [4.69, 9.17) is 16.9 Å². The normalized spacial score (nSPS) is 8.93. The molecule has 0 aliphatic carbocycles. The van der Waals surface area contributed by atoms with E-state index in [1.165, 1.54) is 19.2 Å². The Hall–Kier alpha value is -1.73. The molecule has 1 aromatic rings. The Labute approximate surface area is 86.0 Å². The monoisotopic (exact) mass is 210 g/mol. The Kier molecular flexibility index (Phi) is 3.32. The van der Waals surface area contributed by atoms with Gasteiger partial charge in [0.15, 0.2) is 0 Å². The second-order valence-corrected chi connectivity index (χ2v) is 2.83. The van der Waals surface area contributed by atoms with Crippen molar-refractivity contribution in [1.29, 1.82) is 5.26 Å². The van der Waals surface area contributed by atoms with Crippen LogP contribution < -0.4 is 5.32 Å². The summed E-state index contributed by atoms with van der Waals surface area (Å²) in [5, 5.41) is 11.3. The quantitative estimate of drug-likeness (QED) is 0.774. The highest BCUT2D eigenvalue weighted by Crippen LogP contribution is 2.22. The Morgan fingerprint density at radius 2 is 2.36 bits per heavy atom. The molecule has 0 radical (unpaired) electrons. The minimum Gasteiger partial charge on any atom is -0.453 e. The highest BCUT2D eigenvalue weighted by atomic mass is 35.5. The van der Waals surface area contributed by atoms with Crippen molar-refractivity contribution >= 4 is 23.4 Å². The van der Waals surface area contributed by atoms with Crippen LogP contribution in [-0.4, -0.2) is 13.2 Å². The van der Waals surface area contributed by atoms with Gasteiger partial charge in [0.05, 0.1) is 29.5 Å². The zero-order valence-corrected chi connectivity index (χ0v) is 8.13. The topological polar surface area (TPSA) is 62.1 Å². The molecule has 0 aliphatic heterocycles. The maximum absolute atomic E-state index is 10.8. The molecule has 5 heteroatoms. The highest BCUT2D eigenvalue weighted by Gasteiger charge is 2.05. The molecule has 0 fully saturated rings. The van der Waals surface area contributed by atoms with E-state index in [0.29, 0.717) is 16.3 Å². The first-order chi connectivity index (χ1) is 6.67. The summed E-state index contributed by atoms with van der Waals surface area (Å²) >= 11 is 5.79. The number of anilines is 1. The molecule has 0 heterocycles. The molecule has 0 saturated heterocycles. The van der Waals surface area contributed by atoms with Crippen molar-refractivity contribution in [3.8, 4) is 6.07 Å². The molecular weight excluding hydrogens is 204 g/mol. The van der Waals surface area contributed by atoms with E-state index in [9.17, 15) is 4.79 Å². The van der Waals surface area contributed by atoms with Crippen molar-refractivity contribution in [1.82, 2.24) is 0 Å². The number of nitrogens with one attached hydrogen (secondary N) is 1. The molecule has 1 aromatic carbocycles. The fourth-order valence-corrected chi connectivity index (χ4v) is 1.07. The zero-order valence-electron chi connectivity index (χ0n) is 7.37. The first kappa shape index (κ1) is 10.4. The Morgan fingerprint density at radius 3 is 2.86 bits per heavy atom. The first-order valence-electron chi connectivity index (χ1n) is 3.72. The largest absolute Gasteiger partial charge is 0.453 e. The van der Waals surface area contributed by atoms with Crippen LogP contribution >= 0.6 is 11.6 Å². The van der Waals surface area contributed by atoms with Gasteiger partial charge >= 0.3 is 6.09 Å². The molecule has 14 heavy (non-hydrogen) atoms. The first-order valence-corrected chi connectivity index (χ1v) is 4.10. The molecule has 0 aromatic heterocycles. The average molecular weight is 211 g/mol. The summed E-state index contributed by atoms with van der Waals surface area (Å²) in [7, 11) is 1.26. The fraction of sp³-hybridized carbons (Fsp3) is 0.111. The van der Waals surface area contributed by atoms with Gasteiger partial charge in [-0.15, -0.1) is 0 Å². The summed E-state index contributed by atoms with van der Waals surface area (Å²) in [6.07, 6.45) is -0.600. The van der Waals surface area contributed by atoms with Gasteiger partial charge in [-0.3, -0.25) is 5.32 Å². The second kappa shape index (κ2) is 4.49. The minimum absolute atomic E-state index is 0.300. The lowest BCUT2D eigenvalue weighted by Crippen LogP contribution is -2.11. The van der Waals surface area contributed by atoms with Crippen molar-refractivity contribution < 1.29 is 9.53 Å². The smallest absolute Gasteiger partial charge is 0.411 e. The summed E-state index contributed by atoms with van der Waals surface area (Å²) < 4.78 is 4.39. The van der Waals surface area contributed by atoms with Gasteiger partial charge in [-0.2, -0.15) is 5.26 Å². The van der Waals surface area contributed by atoms with E-state index in [-0.39, 0.29) is 0 Å². The Balaban J connectivity index is 2.90. The van der Waals surface area contributed by atoms with E-state index in [1.54, 1.807) is 6.07 Å². The number of methoxy groups -OCH3 is 1. The van der Waals surface area contributed by atoms with Gasteiger partial charge in [-0.1, -0.05) is 11.6 Å². The fourth-order valence-electron chi connectivity index (χ4n) is 0.847. The van der Waals surface area contributed by atoms with Crippen molar-refractivity contribution in [3.05, 3.63) is 28.8 Å². The van der Waals surface area contributed by atoms with E-state index in [0.717, 1.165) is 0 Å². The number of hydrogen-bond donors (Lipinski definition) is 1. The molecule has 0 bridgehead atoms. The number of halogens is 1. The zero-order chi connectivity index (χ0) is 10.6. The van der Waals surface area contributed by atoms with Gasteiger partial charge in [0.1, 0.15) is 0 Å². The molecule has 4 nitrogen and oxygen atoms in total. The van der Waals surface area contributed by atoms with Gasteiger partial charge in [0.2, 0.25) is 0 Å². The van der Waals surface area contributed by atoms with Crippen molar-refractivity contribution in [3.63, 3.8) is 0 Å². The third-order valence-corrected chi connectivity index (χ3v) is 1.83. The number of hydrogen-bond acceptors (Lipinski definition) is 3. The van der Waals surface area contributed by atoms with Gasteiger partial charge in [-0.05, 0) is 18.2 Å². The number of carbonyl (C=O) groups excluding carboxylic acids is 1. The standard InChI is InChI=1S/C9H7ClN2O2/c1-14-9(13)12-8-3-2-6(5-11)4-7(8)10/h2-4H,1H3,(H,12,13). The number of benzene rings is 1. The van der Waals surface area contributed by atoms with Crippen LogP contribution in [0.4, 0.5) is 10.5 Å². The van der Waals surface area contributed by atoms with Crippen LogP contribution in [0, 0.1) is 11.3 Å². The molecule has 0 saturated carbocycles. The molecule has 1 N–H and O–H groups in total. The Bertz CT molecular complexity index is 398. The summed E-state index contributed by atoms with van der Waals surface area (Å²) in [5.74, 6) is 0. The van der Waals surface area contributed by atoms with E-state index < -0.39 is 6.09 Å². The number of amides is 1. The van der Waals surface area contributed by atoms with Crippen molar-refractivity contribution in [2.24, 2.45) is 0 Å². The van der Waals surface area contributed by atoms with Gasteiger partial charge in [-0.25, -0.2) is 4.79 Å². The van der Waals surface area contributed by atoms with Crippen LogP contribution in [-0.2, 0) is 4.74 Å². The lowest BCUT2D eigenvalue weighted by Gasteiger charge is -2.05. The van der Waals surface area contributed by atoms with Crippen LogP contribution in [0.5, 0.6) is 0 Å². The molecular formula is C9H7ClN2O2. The second-order valence-electron chi connectivity index (χ2n) is 2.42. The molecule has 72 valence electrons. The summed E-state index contributed by atoms with van der Waals surface area (Å²) in [6, 6.07) is 6.49. The number of nitrogens with zero attached hydrogens (tertiary/aromatic N) is 1. The van der Waals surface area contributed by atoms with Crippen LogP contribution in [0.1, 0.15) is 5.56 Å². The number of ether oxygens (including phenoxy) is 1. The molecule has 0 atom stereocenters. The number of nitriles is 1. The van der Waals surface area contributed by atoms with Gasteiger partial charge in [0.25, 0.3) is 0 Å². The van der Waals surface area contributed by atoms with Crippen molar-refractivity contribution in [2.75, 3.05) is 12.4 Å². The lowest BCUT2D eigenvalue weighted by molar-refractivity contribution is 0.187. The minimum atomic E-state index is -0.600. The molecule has 1 amide bonds. The predicted octanol–water partition coefficient (Wildman–Crippen LogP) is 2.39. The third kappa shape index (κ3) is 2.38. The van der Waals surface area contributed by atoms with Crippen molar-refractivity contribution in [2.45, 2.75) is 0 Å².